The van der Waals surface area contributed by atoms with E-state index in [1.54, 1.807) is 6.07 Å². The largest absolute Gasteiger partial charge is 0.384 e. The Labute approximate surface area is 67.1 Å². The van der Waals surface area contributed by atoms with Gasteiger partial charge in [-0.15, -0.1) is 0 Å². The van der Waals surface area contributed by atoms with Crippen LogP contribution in [0.1, 0.15) is 31.2 Å². The number of nitrogens with two attached hydrogens (primary N) is 1. The van der Waals surface area contributed by atoms with E-state index >= 15 is 0 Å². The zero-order valence-electron chi connectivity index (χ0n) is 10.3. The van der Waals surface area contributed by atoms with Gasteiger partial charge in [-0.2, -0.15) is 0 Å². The topological polar surface area (TPSA) is 38.9 Å². The van der Waals surface area contributed by atoms with Crippen LogP contribution in [-0.4, -0.2) is 4.98 Å². The maximum Gasteiger partial charge on any atom is 0.123 e. The van der Waals surface area contributed by atoms with E-state index in [0.717, 1.165) is 0 Å². The third-order valence-corrected chi connectivity index (χ3v) is 1.28. The van der Waals surface area contributed by atoms with Gasteiger partial charge in [0.05, 0.1) is 0 Å². The molecule has 2 rings (SSSR count). The molecule has 2 N–H and O–H groups in total. The molecule has 0 amide bonds. The fourth-order valence-electron chi connectivity index (χ4n) is 0.750. The van der Waals surface area contributed by atoms with Crippen LogP contribution in [0.25, 0.3) is 0 Å². The molecule has 0 aromatic carbocycles. The van der Waals surface area contributed by atoms with Crippen LogP contribution in [0.4, 0.5) is 5.82 Å². The van der Waals surface area contributed by atoms with Gasteiger partial charge in [-0.3, -0.25) is 0 Å². The second-order valence-electron chi connectivity index (χ2n) is 2.07. The van der Waals surface area contributed by atoms with Crippen molar-refractivity contribution in [2.24, 2.45) is 0 Å². The summed E-state index contributed by atoms with van der Waals surface area (Å²) in [6.07, 6.45) is -4.44. The Bertz CT molecular complexity index is 403. The molecule has 1 aromatic heterocycles. The van der Waals surface area contributed by atoms with Crippen molar-refractivity contribution < 1.29 is 6.85 Å². The first-order valence-corrected chi connectivity index (χ1v) is 2.98. The van der Waals surface area contributed by atoms with Gasteiger partial charge in [0.25, 0.3) is 0 Å². The number of nitrogens with zero attached hydrogens (tertiary/aromatic N) is 1. The Morgan fingerprint density at radius 3 is 3.10 bits per heavy atom. The lowest BCUT2D eigenvalue weighted by Gasteiger charge is -1.96. The minimum atomic E-state index is -2.22. The smallest absolute Gasteiger partial charge is 0.123 e. The summed E-state index contributed by atoms with van der Waals surface area (Å²) in [4.78, 5) is 3.81. The lowest BCUT2D eigenvalue weighted by molar-refractivity contribution is 1.03. The maximum atomic E-state index is 7.82. The molecule has 0 radical (unpaired) electrons. The highest BCUT2D eigenvalue weighted by Crippen LogP contribution is 2.38. The van der Waals surface area contributed by atoms with Gasteiger partial charge in [-0.05, 0) is 24.9 Å². The van der Waals surface area contributed by atoms with Crippen molar-refractivity contribution in [1.82, 2.24) is 4.98 Å². The highest BCUT2D eigenvalue weighted by atomic mass is 14.8. The average Bonchev–Trinajstić information content (AvgIpc) is 2.45. The van der Waals surface area contributed by atoms with E-state index in [9.17, 15) is 0 Å². The third kappa shape index (κ3) is 0.967. The van der Waals surface area contributed by atoms with Crippen LogP contribution < -0.4 is 5.73 Å². The van der Waals surface area contributed by atoms with Gasteiger partial charge in [0.15, 0.2) is 0 Å². The molecule has 1 saturated carbocycles. The number of aromatic nitrogens is 1. The quantitative estimate of drug-likeness (QED) is 0.641. The first kappa shape index (κ1) is 2.53. The van der Waals surface area contributed by atoms with E-state index in [4.69, 9.17) is 12.6 Å². The molecule has 1 fully saturated rings. The van der Waals surface area contributed by atoms with Crippen LogP contribution in [-0.2, 0) is 0 Å². The number of rotatable bonds is 1. The predicted octanol–water partition coefficient (Wildman–Crippen LogP) is 1.54. The molecule has 0 bridgehead atoms. The van der Waals surface area contributed by atoms with Crippen molar-refractivity contribution in [2.75, 3.05) is 5.73 Å². The summed E-state index contributed by atoms with van der Waals surface area (Å²) in [5.41, 5.74) is 5.46. The Morgan fingerprint density at radius 2 is 2.50 bits per heavy atom. The Kier molecular flexibility index (Phi) is 0.499. The van der Waals surface area contributed by atoms with Gasteiger partial charge in [-0.1, -0.05) is 6.07 Å². The van der Waals surface area contributed by atoms with Crippen LogP contribution >= 0.6 is 0 Å². The fraction of sp³-hybridized carbons (Fsp3) is 0.375. The van der Waals surface area contributed by atoms with Gasteiger partial charge in [0.2, 0.25) is 0 Å². The summed E-state index contributed by atoms with van der Waals surface area (Å²) in [6.45, 7) is 0. The van der Waals surface area contributed by atoms with E-state index in [1.165, 1.54) is 12.1 Å². The molecular weight excluding hydrogens is 124 g/mol. The zero-order valence-corrected chi connectivity index (χ0v) is 5.26. The molecule has 0 unspecified atom stereocenters. The molecule has 52 valence electrons. The summed E-state index contributed by atoms with van der Waals surface area (Å²) >= 11 is 0. The van der Waals surface area contributed by atoms with Gasteiger partial charge < -0.3 is 5.73 Å². The molecule has 0 aliphatic heterocycles. The predicted molar refractivity (Wildman–Crippen MR) is 40.6 cm³/mol. The molecule has 0 atom stereocenters. The van der Waals surface area contributed by atoms with E-state index in [2.05, 4.69) is 4.98 Å². The van der Waals surface area contributed by atoms with Gasteiger partial charge in [-0.25, -0.2) is 4.98 Å². The molecule has 1 aliphatic carbocycles. The van der Waals surface area contributed by atoms with Crippen molar-refractivity contribution >= 4 is 5.82 Å². The number of pyridine rings is 1. The van der Waals surface area contributed by atoms with Crippen LogP contribution in [0.5, 0.6) is 0 Å². The standard InChI is InChI=1S/C8H10N2/c9-8-3-1-2-7(10-8)6-4-5-6/h1-3,6H,4-5H2,(H2,9,10)/i4D2,5D2,6D. The Morgan fingerprint density at radius 1 is 1.70 bits per heavy atom. The lowest BCUT2D eigenvalue weighted by atomic mass is 10.2. The van der Waals surface area contributed by atoms with E-state index < -0.39 is 18.6 Å². The maximum absolute atomic E-state index is 7.82. The molecule has 1 aromatic rings. The molecule has 0 saturated heterocycles. The van der Waals surface area contributed by atoms with Crippen LogP contribution in [0, 0.1) is 0 Å². The normalized spacial score (nSPS) is 37.8. The summed E-state index contributed by atoms with van der Waals surface area (Å²) < 4.78 is 37.6. The van der Waals surface area contributed by atoms with Crippen molar-refractivity contribution in [3.8, 4) is 0 Å². The number of hydrogen-bond acceptors (Lipinski definition) is 2. The van der Waals surface area contributed by atoms with Crippen LogP contribution in [0.15, 0.2) is 18.2 Å². The van der Waals surface area contributed by atoms with Gasteiger partial charge >= 0.3 is 0 Å². The van der Waals surface area contributed by atoms with Crippen molar-refractivity contribution in [3.63, 3.8) is 0 Å². The molecule has 1 heterocycles. The first-order valence-electron chi connectivity index (χ1n) is 5.48. The van der Waals surface area contributed by atoms with Gasteiger partial charge in [0, 0.05) is 18.4 Å². The van der Waals surface area contributed by atoms with Crippen LogP contribution in [0.3, 0.4) is 0 Å². The van der Waals surface area contributed by atoms with E-state index in [-0.39, 0.29) is 11.5 Å². The van der Waals surface area contributed by atoms with Crippen molar-refractivity contribution in [1.29, 1.82) is 0 Å². The number of anilines is 1. The molecule has 2 heteroatoms. The van der Waals surface area contributed by atoms with Crippen molar-refractivity contribution in [2.45, 2.75) is 18.6 Å². The molecular formula is C8H10N2. The number of nitrogen functional groups attached to an aromatic ring is 1. The Balaban J connectivity index is 2.51. The number of hydrogen-bond donors (Lipinski definition) is 1. The van der Waals surface area contributed by atoms with Crippen molar-refractivity contribution in [3.05, 3.63) is 23.9 Å². The SMILES string of the molecule is [2H]C1([2H])C([2H])([2H])C1([2H])c1cccc(N)n1. The minimum Gasteiger partial charge on any atom is -0.384 e. The lowest BCUT2D eigenvalue weighted by Crippen LogP contribution is -1.92. The monoisotopic (exact) mass is 139 g/mol. The summed E-state index contributed by atoms with van der Waals surface area (Å²) in [5, 5.41) is 0. The fourth-order valence-corrected chi connectivity index (χ4v) is 0.750. The van der Waals surface area contributed by atoms with Gasteiger partial charge in [0.1, 0.15) is 5.82 Å². The average molecular weight is 139 g/mol. The minimum absolute atomic E-state index is 0.0394. The summed E-state index contributed by atoms with van der Waals surface area (Å²) in [5.74, 6) is -1.78. The Hall–Kier alpha value is -1.05. The molecule has 1 aliphatic rings. The second kappa shape index (κ2) is 1.97. The van der Waals surface area contributed by atoms with E-state index in [0.29, 0.717) is 0 Å². The first-order chi connectivity index (χ1) is 6.75. The second-order valence-corrected chi connectivity index (χ2v) is 2.07. The summed E-state index contributed by atoms with van der Waals surface area (Å²) in [7, 11) is 0. The van der Waals surface area contributed by atoms with E-state index in [1.807, 2.05) is 0 Å². The third-order valence-electron chi connectivity index (χ3n) is 1.28. The zero-order chi connectivity index (χ0) is 11.5. The van der Waals surface area contributed by atoms with Crippen LogP contribution in [0.2, 0.25) is 0 Å². The highest BCUT2D eigenvalue weighted by Gasteiger charge is 2.24. The molecule has 10 heavy (non-hydrogen) atoms. The molecule has 0 spiro atoms. The highest BCUT2D eigenvalue weighted by molar-refractivity contribution is 5.31. The summed E-state index contributed by atoms with van der Waals surface area (Å²) in [6, 6.07) is 4.48. The molecule has 2 nitrogen and oxygen atoms in total.